The van der Waals surface area contributed by atoms with Gasteiger partial charge in [-0.25, -0.2) is 4.99 Å². The van der Waals surface area contributed by atoms with Crippen molar-refractivity contribution in [3.05, 3.63) is 59.9 Å². The van der Waals surface area contributed by atoms with Crippen LogP contribution in [0.3, 0.4) is 0 Å². The number of rotatable bonds is 2. The second-order valence-electron chi connectivity index (χ2n) is 4.12. The Morgan fingerprint density at radius 3 is 2.78 bits per heavy atom. The molecule has 88 valence electrons. The Hall–Kier alpha value is -2.42. The second kappa shape index (κ2) is 4.45. The highest BCUT2D eigenvalue weighted by atomic mass is 16.5. The van der Waals surface area contributed by atoms with Gasteiger partial charge < -0.3 is 4.52 Å². The van der Waals surface area contributed by atoms with Gasteiger partial charge in [0.2, 0.25) is 0 Å². The molecule has 0 saturated heterocycles. The van der Waals surface area contributed by atoms with E-state index in [-0.39, 0.29) is 0 Å². The van der Waals surface area contributed by atoms with Crippen LogP contribution in [-0.4, -0.2) is 11.4 Å². The van der Waals surface area contributed by atoms with Gasteiger partial charge >= 0.3 is 0 Å². The maximum Gasteiger partial charge on any atom is 0.195 e. The largest absolute Gasteiger partial charge is 0.359 e. The number of fused-ring (bicyclic) bond motifs is 1. The van der Waals surface area contributed by atoms with Crippen LogP contribution in [0.1, 0.15) is 11.3 Å². The smallest absolute Gasteiger partial charge is 0.195 e. The van der Waals surface area contributed by atoms with Gasteiger partial charge in [0.15, 0.2) is 5.82 Å². The lowest BCUT2D eigenvalue weighted by Gasteiger charge is -2.00. The minimum atomic E-state index is 0.598. The van der Waals surface area contributed by atoms with E-state index in [9.17, 15) is 0 Å². The van der Waals surface area contributed by atoms with Gasteiger partial charge in [-0.1, -0.05) is 47.6 Å². The zero-order chi connectivity index (χ0) is 12.4. The van der Waals surface area contributed by atoms with Gasteiger partial charge in [-0.15, -0.1) is 0 Å². The number of hydrogen-bond acceptors (Lipinski definition) is 3. The first-order chi connectivity index (χ1) is 8.83. The first-order valence-corrected chi connectivity index (χ1v) is 5.78. The van der Waals surface area contributed by atoms with Crippen LogP contribution in [0.4, 0.5) is 5.82 Å². The summed E-state index contributed by atoms with van der Waals surface area (Å²) in [7, 11) is 0. The first kappa shape index (κ1) is 10.7. The molecule has 0 N–H and O–H groups in total. The zero-order valence-corrected chi connectivity index (χ0v) is 10.00. The summed E-state index contributed by atoms with van der Waals surface area (Å²) in [4.78, 5) is 4.32. The molecule has 3 heteroatoms. The van der Waals surface area contributed by atoms with E-state index in [2.05, 4.69) is 28.3 Å². The summed E-state index contributed by atoms with van der Waals surface area (Å²) in [5.74, 6) is 1.36. The van der Waals surface area contributed by atoms with Crippen molar-refractivity contribution in [2.75, 3.05) is 0 Å². The monoisotopic (exact) mass is 236 g/mol. The van der Waals surface area contributed by atoms with E-state index >= 15 is 0 Å². The van der Waals surface area contributed by atoms with Gasteiger partial charge in [-0.05, 0) is 17.7 Å². The van der Waals surface area contributed by atoms with E-state index in [0.29, 0.717) is 5.82 Å². The fraction of sp³-hybridized carbons (Fsp3) is 0.0667. The summed E-state index contributed by atoms with van der Waals surface area (Å²) in [6.45, 7) is 1.85. The van der Waals surface area contributed by atoms with Crippen LogP contribution in [0, 0.1) is 6.92 Å². The molecule has 0 bridgehead atoms. The van der Waals surface area contributed by atoms with Gasteiger partial charge in [0.25, 0.3) is 0 Å². The normalized spacial score (nSPS) is 11.4. The quantitative estimate of drug-likeness (QED) is 0.633. The molecule has 0 aliphatic rings. The number of benzene rings is 2. The summed E-state index contributed by atoms with van der Waals surface area (Å²) in [5, 5.41) is 6.23. The summed E-state index contributed by atoms with van der Waals surface area (Å²) in [6, 6.07) is 16.2. The number of aliphatic imine (C=N–C) groups is 1. The molecule has 0 spiro atoms. The van der Waals surface area contributed by atoms with E-state index in [0.717, 1.165) is 11.3 Å². The van der Waals surface area contributed by atoms with Crippen LogP contribution in [0.5, 0.6) is 0 Å². The molecule has 0 fully saturated rings. The molecule has 18 heavy (non-hydrogen) atoms. The molecular weight excluding hydrogens is 224 g/mol. The highest BCUT2D eigenvalue weighted by Gasteiger charge is 1.99. The Bertz CT molecular complexity index is 708. The van der Waals surface area contributed by atoms with Crippen LogP contribution in [0.25, 0.3) is 10.8 Å². The van der Waals surface area contributed by atoms with Crippen LogP contribution in [0.2, 0.25) is 0 Å². The minimum Gasteiger partial charge on any atom is -0.359 e. The molecule has 1 heterocycles. The molecule has 3 rings (SSSR count). The standard InChI is InChI=1S/C15H12N2O/c1-11-9-15(17-18-11)16-10-13-7-4-6-12-5-2-3-8-14(12)13/h2-10H,1H3/b16-10+. The van der Waals surface area contributed by atoms with Crippen LogP contribution in [0.15, 0.2) is 58.0 Å². The molecule has 2 aromatic carbocycles. The topological polar surface area (TPSA) is 38.4 Å². The van der Waals surface area contributed by atoms with E-state index < -0.39 is 0 Å². The first-order valence-electron chi connectivity index (χ1n) is 5.78. The van der Waals surface area contributed by atoms with Gasteiger partial charge in [-0.3, -0.25) is 0 Å². The molecular formula is C15H12N2O. The summed E-state index contributed by atoms with van der Waals surface area (Å²) >= 11 is 0. The molecule has 3 aromatic rings. The van der Waals surface area contributed by atoms with Gasteiger partial charge in [0.1, 0.15) is 5.76 Å². The summed E-state index contributed by atoms with van der Waals surface area (Å²) in [6.07, 6.45) is 1.82. The third-order valence-electron chi connectivity index (χ3n) is 2.77. The third-order valence-corrected chi connectivity index (χ3v) is 2.77. The number of aromatic nitrogens is 1. The highest BCUT2D eigenvalue weighted by molar-refractivity contribution is 6.00. The number of nitrogens with zero attached hydrogens (tertiary/aromatic N) is 2. The Labute approximate surface area is 105 Å². The molecule has 0 aliphatic carbocycles. The molecule has 0 aliphatic heterocycles. The Morgan fingerprint density at radius 2 is 1.94 bits per heavy atom. The second-order valence-corrected chi connectivity index (χ2v) is 4.12. The van der Waals surface area contributed by atoms with Crippen molar-refractivity contribution in [1.82, 2.24) is 5.16 Å². The van der Waals surface area contributed by atoms with E-state index in [1.807, 2.05) is 43.5 Å². The highest BCUT2D eigenvalue weighted by Crippen LogP contribution is 2.18. The third kappa shape index (κ3) is 2.02. The summed E-state index contributed by atoms with van der Waals surface area (Å²) < 4.78 is 4.98. The van der Waals surface area contributed by atoms with Crippen molar-refractivity contribution < 1.29 is 4.52 Å². The number of aryl methyl sites for hydroxylation is 1. The maximum absolute atomic E-state index is 4.98. The molecule has 3 nitrogen and oxygen atoms in total. The van der Waals surface area contributed by atoms with Crippen LogP contribution < -0.4 is 0 Å². The maximum atomic E-state index is 4.98. The number of hydrogen-bond donors (Lipinski definition) is 0. The van der Waals surface area contributed by atoms with Crippen molar-refractivity contribution in [2.24, 2.45) is 4.99 Å². The predicted molar refractivity (Wildman–Crippen MR) is 72.4 cm³/mol. The molecule has 1 aromatic heterocycles. The lowest BCUT2D eigenvalue weighted by Crippen LogP contribution is -1.83. The van der Waals surface area contributed by atoms with E-state index in [1.54, 1.807) is 0 Å². The van der Waals surface area contributed by atoms with Gasteiger partial charge in [0.05, 0.1) is 0 Å². The fourth-order valence-electron chi connectivity index (χ4n) is 1.91. The van der Waals surface area contributed by atoms with Gasteiger partial charge in [0, 0.05) is 17.8 Å². The van der Waals surface area contributed by atoms with Crippen LogP contribution in [-0.2, 0) is 0 Å². The lowest BCUT2D eigenvalue weighted by molar-refractivity contribution is 0.399. The van der Waals surface area contributed by atoms with Crippen LogP contribution >= 0.6 is 0 Å². The Balaban J connectivity index is 2.02. The molecule has 0 amide bonds. The van der Waals surface area contributed by atoms with Crippen molar-refractivity contribution in [3.8, 4) is 0 Å². The average molecular weight is 236 g/mol. The molecule has 0 atom stereocenters. The fourth-order valence-corrected chi connectivity index (χ4v) is 1.91. The van der Waals surface area contributed by atoms with Crippen molar-refractivity contribution >= 4 is 22.8 Å². The van der Waals surface area contributed by atoms with Crippen molar-refractivity contribution in [1.29, 1.82) is 0 Å². The van der Waals surface area contributed by atoms with Crippen molar-refractivity contribution in [3.63, 3.8) is 0 Å². The van der Waals surface area contributed by atoms with Crippen molar-refractivity contribution in [2.45, 2.75) is 6.92 Å². The van der Waals surface area contributed by atoms with E-state index in [1.165, 1.54) is 10.8 Å². The molecule has 0 saturated carbocycles. The Kier molecular flexibility index (Phi) is 2.65. The SMILES string of the molecule is Cc1cc(/N=C/c2cccc3ccccc23)no1. The predicted octanol–water partition coefficient (Wildman–Crippen LogP) is 3.89. The van der Waals surface area contributed by atoms with E-state index in [4.69, 9.17) is 4.52 Å². The minimum absolute atomic E-state index is 0.598. The average Bonchev–Trinajstić information content (AvgIpc) is 2.82. The van der Waals surface area contributed by atoms with Gasteiger partial charge in [-0.2, -0.15) is 0 Å². The lowest BCUT2D eigenvalue weighted by atomic mass is 10.1. The molecule has 0 radical (unpaired) electrons. The zero-order valence-electron chi connectivity index (χ0n) is 10.00. The summed E-state index contributed by atoms with van der Waals surface area (Å²) in [5.41, 5.74) is 1.08. The molecule has 0 unspecified atom stereocenters. The Morgan fingerprint density at radius 1 is 1.11 bits per heavy atom.